The Morgan fingerprint density at radius 3 is 2.88 bits per heavy atom. The molecule has 1 N–H and O–H groups in total. The lowest BCUT2D eigenvalue weighted by Gasteiger charge is -2.11. The van der Waals surface area contributed by atoms with Gasteiger partial charge in [0, 0.05) is 11.0 Å². The van der Waals surface area contributed by atoms with Crippen molar-refractivity contribution in [2.75, 3.05) is 0 Å². The highest BCUT2D eigenvalue weighted by Crippen LogP contribution is 2.17. The fraction of sp³-hybridized carbons (Fsp3) is 0.231. The topological polar surface area (TPSA) is 25.2 Å². The van der Waals surface area contributed by atoms with Gasteiger partial charge < -0.3 is 9.73 Å². The molecular formula is C13H13BrFNO. The smallest absolute Gasteiger partial charge is 0.124 e. The lowest BCUT2D eigenvalue weighted by molar-refractivity contribution is 0.430. The lowest BCUT2D eigenvalue weighted by atomic mass is 10.2. The summed E-state index contributed by atoms with van der Waals surface area (Å²) in [4.78, 5) is 0. The van der Waals surface area contributed by atoms with Crippen LogP contribution in [0.3, 0.4) is 0 Å². The molecule has 0 amide bonds. The average Bonchev–Trinajstić information content (AvgIpc) is 2.78. The van der Waals surface area contributed by atoms with E-state index in [4.69, 9.17) is 4.42 Å². The molecule has 0 saturated carbocycles. The predicted octanol–water partition coefficient (Wildman–Crippen LogP) is 4.03. The van der Waals surface area contributed by atoms with Gasteiger partial charge in [-0.05, 0) is 42.8 Å². The molecule has 17 heavy (non-hydrogen) atoms. The summed E-state index contributed by atoms with van der Waals surface area (Å²) in [5.41, 5.74) is 0.898. The Balaban J connectivity index is 1.98. The summed E-state index contributed by atoms with van der Waals surface area (Å²) in [6.07, 6.45) is 1.65. The van der Waals surface area contributed by atoms with Crippen LogP contribution in [0.15, 0.2) is 45.5 Å². The molecular weight excluding hydrogens is 285 g/mol. The molecule has 1 atom stereocenters. The average molecular weight is 298 g/mol. The molecule has 2 aromatic rings. The van der Waals surface area contributed by atoms with E-state index in [0.29, 0.717) is 6.54 Å². The second kappa shape index (κ2) is 5.47. The van der Waals surface area contributed by atoms with Gasteiger partial charge in [0.1, 0.15) is 11.6 Å². The summed E-state index contributed by atoms with van der Waals surface area (Å²) < 4.78 is 19.2. The van der Waals surface area contributed by atoms with Crippen molar-refractivity contribution in [2.45, 2.75) is 19.5 Å². The summed E-state index contributed by atoms with van der Waals surface area (Å²) in [5.74, 6) is 0.641. The Bertz CT molecular complexity index is 464. The van der Waals surface area contributed by atoms with Gasteiger partial charge in [0.15, 0.2) is 0 Å². The summed E-state index contributed by atoms with van der Waals surface area (Å²) >= 11 is 3.27. The van der Waals surface area contributed by atoms with Gasteiger partial charge in [-0.2, -0.15) is 0 Å². The Kier molecular flexibility index (Phi) is 3.97. The third-order valence-corrected chi connectivity index (χ3v) is 2.96. The predicted molar refractivity (Wildman–Crippen MR) is 68.1 cm³/mol. The zero-order chi connectivity index (χ0) is 12.3. The number of furan rings is 1. The van der Waals surface area contributed by atoms with E-state index in [1.165, 1.54) is 12.1 Å². The number of hydrogen-bond acceptors (Lipinski definition) is 2. The quantitative estimate of drug-likeness (QED) is 0.922. The molecule has 0 fully saturated rings. The second-order valence-corrected chi connectivity index (χ2v) is 4.81. The van der Waals surface area contributed by atoms with Crippen LogP contribution < -0.4 is 5.32 Å². The molecule has 0 aliphatic carbocycles. The molecule has 0 saturated heterocycles. The summed E-state index contributed by atoms with van der Waals surface area (Å²) in [6, 6.07) is 8.73. The van der Waals surface area contributed by atoms with Crippen molar-refractivity contribution in [2.24, 2.45) is 0 Å². The maximum atomic E-state index is 13.1. The molecule has 2 nitrogen and oxygen atoms in total. The van der Waals surface area contributed by atoms with Gasteiger partial charge in [0.05, 0.1) is 12.3 Å². The zero-order valence-corrected chi connectivity index (χ0v) is 11.0. The van der Waals surface area contributed by atoms with Crippen LogP contribution in [0, 0.1) is 5.82 Å². The fourth-order valence-corrected chi connectivity index (χ4v) is 2.13. The van der Waals surface area contributed by atoms with Crippen molar-refractivity contribution < 1.29 is 8.81 Å². The van der Waals surface area contributed by atoms with Crippen molar-refractivity contribution in [3.05, 3.63) is 58.2 Å². The van der Waals surface area contributed by atoms with Crippen molar-refractivity contribution in [3.63, 3.8) is 0 Å². The molecule has 1 aromatic heterocycles. The van der Waals surface area contributed by atoms with E-state index in [1.807, 2.05) is 25.1 Å². The minimum atomic E-state index is -0.234. The van der Waals surface area contributed by atoms with Crippen LogP contribution in [0.5, 0.6) is 0 Å². The standard InChI is InChI=1S/C13H13BrFNO/c1-9(13-3-2-4-17-13)16-8-10-5-11(14)7-12(15)6-10/h2-7,9,16H,8H2,1H3. The molecule has 1 unspecified atom stereocenters. The van der Waals surface area contributed by atoms with Crippen LogP contribution in [-0.2, 0) is 6.54 Å². The molecule has 0 aliphatic rings. The van der Waals surface area contributed by atoms with Gasteiger partial charge in [-0.3, -0.25) is 0 Å². The Morgan fingerprint density at radius 1 is 1.41 bits per heavy atom. The maximum absolute atomic E-state index is 13.1. The van der Waals surface area contributed by atoms with E-state index in [1.54, 1.807) is 6.26 Å². The molecule has 1 aromatic carbocycles. The van der Waals surface area contributed by atoms with Crippen LogP contribution in [0.1, 0.15) is 24.3 Å². The van der Waals surface area contributed by atoms with Crippen LogP contribution >= 0.6 is 15.9 Å². The Labute approximate surface area is 108 Å². The summed E-state index contributed by atoms with van der Waals surface area (Å²) in [7, 11) is 0. The maximum Gasteiger partial charge on any atom is 0.124 e. The molecule has 0 radical (unpaired) electrons. The largest absolute Gasteiger partial charge is 0.468 e. The number of rotatable bonds is 4. The molecule has 1 heterocycles. The van der Waals surface area contributed by atoms with E-state index < -0.39 is 0 Å². The molecule has 4 heteroatoms. The van der Waals surface area contributed by atoms with E-state index >= 15 is 0 Å². The molecule has 0 aliphatic heterocycles. The number of halogens is 2. The summed E-state index contributed by atoms with van der Waals surface area (Å²) in [5, 5.41) is 3.27. The first-order valence-electron chi connectivity index (χ1n) is 5.37. The molecule has 0 spiro atoms. The normalized spacial score (nSPS) is 12.6. The second-order valence-electron chi connectivity index (χ2n) is 3.90. The number of benzene rings is 1. The third-order valence-electron chi connectivity index (χ3n) is 2.50. The Hall–Kier alpha value is -1.13. The first kappa shape index (κ1) is 12.3. The minimum Gasteiger partial charge on any atom is -0.468 e. The summed E-state index contributed by atoms with van der Waals surface area (Å²) in [6.45, 7) is 2.60. The van der Waals surface area contributed by atoms with E-state index in [-0.39, 0.29) is 11.9 Å². The van der Waals surface area contributed by atoms with E-state index in [9.17, 15) is 4.39 Å². The van der Waals surface area contributed by atoms with Gasteiger partial charge >= 0.3 is 0 Å². The third kappa shape index (κ3) is 3.41. The Morgan fingerprint density at radius 2 is 2.24 bits per heavy atom. The van der Waals surface area contributed by atoms with Gasteiger partial charge in [-0.15, -0.1) is 0 Å². The fourth-order valence-electron chi connectivity index (χ4n) is 1.62. The van der Waals surface area contributed by atoms with Crippen LogP contribution in [-0.4, -0.2) is 0 Å². The van der Waals surface area contributed by atoms with Gasteiger partial charge in [-0.25, -0.2) is 4.39 Å². The highest BCUT2D eigenvalue weighted by Gasteiger charge is 2.07. The van der Waals surface area contributed by atoms with Gasteiger partial charge in [0.2, 0.25) is 0 Å². The lowest BCUT2D eigenvalue weighted by Crippen LogP contribution is -2.17. The van der Waals surface area contributed by atoms with Crippen molar-refractivity contribution in [1.82, 2.24) is 5.32 Å². The minimum absolute atomic E-state index is 0.104. The monoisotopic (exact) mass is 297 g/mol. The van der Waals surface area contributed by atoms with Crippen molar-refractivity contribution in [1.29, 1.82) is 0 Å². The van der Waals surface area contributed by atoms with Crippen LogP contribution in [0.25, 0.3) is 0 Å². The molecule has 0 bridgehead atoms. The van der Waals surface area contributed by atoms with E-state index in [2.05, 4.69) is 21.2 Å². The molecule has 90 valence electrons. The van der Waals surface area contributed by atoms with Crippen molar-refractivity contribution >= 4 is 15.9 Å². The van der Waals surface area contributed by atoms with E-state index in [0.717, 1.165) is 15.8 Å². The van der Waals surface area contributed by atoms with Gasteiger partial charge in [-0.1, -0.05) is 15.9 Å². The highest BCUT2D eigenvalue weighted by atomic mass is 79.9. The number of hydrogen-bond donors (Lipinski definition) is 1. The SMILES string of the molecule is CC(NCc1cc(F)cc(Br)c1)c1ccco1. The first-order chi connectivity index (χ1) is 8.15. The molecule has 2 rings (SSSR count). The van der Waals surface area contributed by atoms with Crippen molar-refractivity contribution in [3.8, 4) is 0 Å². The van der Waals surface area contributed by atoms with Crippen LogP contribution in [0.4, 0.5) is 4.39 Å². The van der Waals surface area contributed by atoms with Gasteiger partial charge in [0.25, 0.3) is 0 Å². The van der Waals surface area contributed by atoms with Crippen LogP contribution in [0.2, 0.25) is 0 Å². The number of nitrogens with one attached hydrogen (secondary N) is 1. The zero-order valence-electron chi connectivity index (χ0n) is 9.41. The first-order valence-corrected chi connectivity index (χ1v) is 6.16. The highest BCUT2D eigenvalue weighted by molar-refractivity contribution is 9.10.